The van der Waals surface area contributed by atoms with Gasteiger partial charge in [0.1, 0.15) is 6.04 Å². The van der Waals surface area contributed by atoms with Gasteiger partial charge in [0, 0.05) is 17.7 Å². The summed E-state index contributed by atoms with van der Waals surface area (Å²) in [4.78, 5) is 49.3. The van der Waals surface area contributed by atoms with Crippen molar-refractivity contribution < 1.29 is 23.9 Å². The van der Waals surface area contributed by atoms with Gasteiger partial charge < -0.3 is 15.0 Å². The first kappa shape index (κ1) is 18.4. The van der Waals surface area contributed by atoms with E-state index in [9.17, 15) is 19.2 Å². The highest BCUT2D eigenvalue weighted by molar-refractivity contribution is 8.01. The Hall–Kier alpha value is -2.35. The number of hydrogen-bond donors (Lipinski definition) is 1. The second-order valence-corrected chi connectivity index (χ2v) is 8.02. The van der Waals surface area contributed by atoms with Crippen LogP contribution >= 0.6 is 11.8 Å². The molecule has 7 nitrogen and oxygen atoms in total. The molecule has 0 unspecified atom stereocenters. The van der Waals surface area contributed by atoms with Gasteiger partial charge in [0.25, 0.3) is 5.91 Å². The molecule has 2 atom stereocenters. The fraction of sp³-hybridized carbons (Fsp3) is 0.444. The maximum Gasteiger partial charge on any atom is 0.330 e. The molecule has 26 heavy (non-hydrogen) atoms. The van der Waals surface area contributed by atoms with E-state index in [1.807, 2.05) is 6.92 Å². The van der Waals surface area contributed by atoms with Crippen molar-refractivity contribution in [1.29, 1.82) is 0 Å². The minimum atomic E-state index is -0.655. The molecule has 1 N–H and O–H groups in total. The number of anilines is 1. The van der Waals surface area contributed by atoms with E-state index in [1.165, 1.54) is 6.92 Å². The lowest BCUT2D eigenvalue weighted by molar-refractivity contribution is -0.155. The van der Waals surface area contributed by atoms with Crippen molar-refractivity contribution in [2.45, 2.75) is 37.6 Å². The van der Waals surface area contributed by atoms with Gasteiger partial charge in [-0.3, -0.25) is 14.4 Å². The van der Waals surface area contributed by atoms with Crippen LogP contribution in [0.1, 0.15) is 37.0 Å². The van der Waals surface area contributed by atoms with Gasteiger partial charge in [0.15, 0.2) is 12.4 Å². The molecule has 8 heteroatoms. The van der Waals surface area contributed by atoms with Crippen LogP contribution in [0.4, 0.5) is 5.69 Å². The number of thioether (sulfide) groups is 1. The molecule has 1 aromatic carbocycles. The van der Waals surface area contributed by atoms with Crippen molar-refractivity contribution in [3.63, 3.8) is 0 Å². The molecular formula is C18H20N2O5S. The number of rotatable bonds is 5. The third kappa shape index (κ3) is 3.46. The zero-order valence-corrected chi connectivity index (χ0v) is 15.4. The normalized spacial score (nSPS) is 24.3. The Bertz CT molecular complexity index is 781. The molecule has 0 aliphatic carbocycles. The molecule has 0 bridgehead atoms. The number of para-hydroxylation sites is 1. The van der Waals surface area contributed by atoms with Crippen LogP contribution < -0.4 is 5.32 Å². The first-order chi connectivity index (χ1) is 12.3. The van der Waals surface area contributed by atoms with Crippen LogP contribution in [-0.4, -0.2) is 51.7 Å². The van der Waals surface area contributed by atoms with E-state index in [0.717, 1.165) is 0 Å². The van der Waals surface area contributed by atoms with Crippen molar-refractivity contribution >= 4 is 41.0 Å². The minimum absolute atomic E-state index is 0.0562. The molecule has 0 radical (unpaired) electrons. The predicted molar refractivity (Wildman–Crippen MR) is 96.8 cm³/mol. The van der Waals surface area contributed by atoms with Gasteiger partial charge in [0.2, 0.25) is 5.91 Å². The quantitative estimate of drug-likeness (QED) is 0.622. The van der Waals surface area contributed by atoms with Crippen molar-refractivity contribution in [1.82, 2.24) is 4.90 Å². The van der Waals surface area contributed by atoms with E-state index in [0.29, 0.717) is 29.8 Å². The predicted octanol–water partition coefficient (Wildman–Crippen LogP) is 1.82. The molecule has 3 rings (SSSR count). The summed E-state index contributed by atoms with van der Waals surface area (Å²) >= 11 is 1.56. The summed E-state index contributed by atoms with van der Waals surface area (Å²) in [5, 5.41) is 2.58. The largest absolute Gasteiger partial charge is 0.454 e. The van der Waals surface area contributed by atoms with Crippen LogP contribution in [0.3, 0.4) is 0 Å². The maximum absolute atomic E-state index is 12.3. The molecular weight excluding hydrogens is 356 g/mol. The fourth-order valence-electron chi connectivity index (χ4n) is 3.31. The highest BCUT2D eigenvalue weighted by atomic mass is 32.2. The number of nitrogens with one attached hydrogen (secondary N) is 1. The standard InChI is InChI=1S/C18H20N2O5S/c1-11(21)12-5-3-4-6-13(12)19-15(22)9-25-17(24)14-10-26-18(2)8-7-16(23)20(14)18/h3-6,14H,7-10H2,1-2H3,(H,19,22)/t14-,18-/m1/s1. The second kappa shape index (κ2) is 7.11. The van der Waals surface area contributed by atoms with Crippen molar-refractivity contribution in [3.05, 3.63) is 29.8 Å². The average Bonchev–Trinajstić information content (AvgIpc) is 3.09. The third-order valence-electron chi connectivity index (χ3n) is 4.64. The molecule has 0 aromatic heterocycles. The number of carbonyl (C=O) groups excluding carboxylic acids is 4. The summed E-state index contributed by atoms with van der Waals surface area (Å²) in [6.45, 7) is 2.89. The monoisotopic (exact) mass is 376 g/mol. The smallest absolute Gasteiger partial charge is 0.330 e. The molecule has 2 aliphatic rings. The first-order valence-corrected chi connectivity index (χ1v) is 9.33. The average molecular weight is 376 g/mol. The third-order valence-corrected chi connectivity index (χ3v) is 6.15. The van der Waals surface area contributed by atoms with Crippen LogP contribution in [0.25, 0.3) is 0 Å². The SMILES string of the molecule is CC(=O)c1ccccc1NC(=O)COC(=O)[C@H]1CS[C@]2(C)CCC(=O)N12. The number of Topliss-reactive ketones (excluding diaryl/α,β-unsaturated/α-hetero) is 1. The number of hydrogen-bond acceptors (Lipinski definition) is 6. The zero-order valence-electron chi connectivity index (χ0n) is 14.6. The lowest BCUT2D eigenvalue weighted by Gasteiger charge is -2.29. The number of ether oxygens (including phenoxy) is 1. The highest BCUT2D eigenvalue weighted by Crippen LogP contribution is 2.47. The van der Waals surface area contributed by atoms with Gasteiger partial charge in [-0.15, -0.1) is 11.8 Å². The van der Waals surface area contributed by atoms with Crippen molar-refractivity contribution in [2.75, 3.05) is 17.7 Å². The second-order valence-electron chi connectivity index (χ2n) is 6.52. The lowest BCUT2D eigenvalue weighted by Crippen LogP contribution is -2.47. The molecule has 2 fully saturated rings. The molecule has 1 aromatic rings. The van der Waals surface area contributed by atoms with Crippen molar-refractivity contribution in [2.24, 2.45) is 0 Å². The summed E-state index contributed by atoms with van der Waals surface area (Å²) in [6.07, 6.45) is 1.14. The summed E-state index contributed by atoms with van der Waals surface area (Å²) in [6, 6.07) is 5.97. The fourth-order valence-corrected chi connectivity index (χ4v) is 4.73. The van der Waals surface area contributed by atoms with Crippen LogP contribution in [0.2, 0.25) is 0 Å². The van der Waals surface area contributed by atoms with Gasteiger partial charge in [0.05, 0.1) is 10.6 Å². The van der Waals surface area contributed by atoms with Gasteiger partial charge in [-0.25, -0.2) is 4.79 Å². The van der Waals surface area contributed by atoms with E-state index in [4.69, 9.17) is 4.74 Å². The van der Waals surface area contributed by atoms with E-state index < -0.39 is 24.5 Å². The number of ketones is 1. The Kier molecular flexibility index (Phi) is 5.04. The van der Waals surface area contributed by atoms with Gasteiger partial charge in [-0.05, 0) is 32.4 Å². The number of fused-ring (bicyclic) bond motifs is 1. The number of esters is 1. The molecule has 0 saturated carbocycles. The van der Waals surface area contributed by atoms with Gasteiger partial charge in [-0.1, -0.05) is 12.1 Å². The minimum Gasteiger partial charge on any atom is -0.454 e. The zero-order chi connectivity index (χ0) is 18.9. The van der Waals surface area contributed by atoms with Crippen LogP contribution in [-0.2, 0) is 19.1 Å². The number of carbonyl (C=O) groups is 4. The Morgan fingerprint density at radius 2 is 2.08 bits per heavy atom. The van der Waals surface area contributed by atoms with E-state index >= 15 is 0 Å². The Labute approximate surface area is 155 Å². The maximum atomic E-state index is 12.3. The Morgan fingerprint density at radius 1 is 1.35 bits per heavy atom. The molecule has 2 saturated heterocycles. The summed E-state index contributed by atoms with van der Waals surface area (Å²) in [5.41, 5.74) is 0.762. The molecule has 138 valence electrons. The highest BCUT2D eigenvalue weighted by Gasteiger charge is 2.53. The number of amides is 2. The lowest BCUT2D eigenvalue weighted by atomic mass is 10.1. The van der Waals surface area contributed by atoms with Crippen molar-refractivity contribution in [3.8, 4) is 0 Å². The number of nitrogens with zero attached hydrogens (tertiary/aromatic N) is 1. The van der Waals surface area contributed by atoms with Gasteiger partial charge >= 0.3 is 5.97 Å². The molecule has 0 spiro atoms. The summed E-state index contributed by atoms with van der Waals surface area (Å²) < 4.78 is 5.12. The van der Waals surface area contributed by atoms with E-state index in [1.54, 1.807) is 40.9 Å². The summed E-state index contributed by atoms with van der Waals surface area (Å²) in [5.74, 6) is -0.873. The van der Waals surface area contributed by atoms with Crippen LogP contribution in [0.15, 0.2) is 24.3 Å². The molecule has 2 heterocycles. The number of benzene rings is 1. The van der Waals surface area contributed by atoms with E-state index in [2.05, 4.69) is 5.32 Å². The Balaban J connectivity index is 1.58. The van der Waals surface area contributed by atoms with Gasteiger partial charge in [-0.2, -0.15) is 0 Å². The topological polar surface area (TPSA) is 92.8 Å². The first-order valence-electron chi connectivity index (χ1n) is 8.34. The van der Waals surface area contributed by atoms with E-state index in [-0.39, 0.29) is 16.6 Å². The van der Waals surface area contributed by atoms with Crippen LogP contribution in [0.5, 0.6) is 0 Å². The Morgan fingerprint density at radius 3 is 2.81 bits per heavy atom. The molecule has 2 aliphatic heterocycles. The molecule has 2 amide bonds. The summed E-state index contributed by atoms with van der Waals surface area (Å²) in [7, 11) is 0. The van der Waals surface area contributed by atoms with Crippen LogP contribution in [0, 0.1) is 0 Å².